The third-order valence-electron chi connectivity index (χ3n) is 4.97. The minimum atomic E-state index is -2.63. The molecule has 2 aliphatic heterocycles. The normalized spacial score (nSPS) is 30.7. The fourth-order valence-corrected chi connectivity index (χ4v) is 3.66. The van der Waals surface area contributed by atoms with Crippen molar-refractivity contribution in [3.05, 3.63) is 0 Å². The van der Waals surface area contributed by atoms with Gasteiger partial charge in [-0.25, -0.2) is 8.78 Å². The van der Waals surface area contributed by atoms with Crippen LogP contribution in [0.3, 0.4) is 0 Å². The number of rotatable bonds is 5. The number of alkyl halides is 2. The van der Waals surface area contributed by atoms with Gasteiger partial charge in [-0.1, -0.05) is 18.5 Å². The van der Waals surface area contributed by atoms with Gasteiger partial charge in [-0.2, -0.15) is 0 Å². The van der Waals surface area contributed by atoms with Crippen molar-refractivity contribution in [2.45, 2.75) is 69.4 Å². The molecular weight excluding hydrogens is 304 g/mol. The van der Waals surface area contributed by atoms with E-state index in [1.807, 2.05) is 0 Å². The zero-order valence-corrected chi connectivity index (χ0v) is 13.6. The molecule has 0 aromatic carbocycles. The maximum Gasteiger partial charge on any atom is 0.269 e. The lowest BCUT2D eigenvalue weighted by Gasteiger charge is -2.38. The Hall–Kier alpha value is -1.24. The van der Waals surface area contributed by atoms with Gasteiger partial charge in [-0.05, 0) is 32.4 Å². The Morgan fingerprint density at radius 3 is 2.96 bits per heavy atom. The van der Waals surface area contributed by atoms with Crippen molar-refractivity contribution in [2.75, 3.05) is 19.6 Å². The van der Waals surface area contributed by atoms with Crippen molar-refractivity contribution in [1.82, 2.24) is 10.2 Å². The number of unbranched alkanes of at least 4 members (excludes halogenated alkanes) is 1. The fourth-order valence-electron chi connectivity index (χ4n) is 3.66. The molecule has 1 saturated carbocycles. The molecule has 3 rings (SSSR count). The first-order valence-electron chi connectivity index (χ1n) is 8.57. The number of hydrogen-bond acceptors (Lipinski definition) is 4. The number of nitrogens with zero attached hydrogens (tertiary/aromatic N) is 2. The van der Waals surface area contributed by atoms with Crippen LogP contribution in [-0.2, 0) is 9.63 Å². The second-order valence-electron chi connectivity index (χ2n) is 7.16. The number of hydrogen-bond donors (Lipinski definition) is 1. The number of carbonyl (C=O) groups excluding carboxylic acids is 1. The minimum Gasteiger partial charge on any atom is -0.387 e. The summed E-state index contributed by atoms with van der Waals surface area (Å²) in [4.78, 5) is 20.2. The van der Waals surface area contributed by atoms with E-state index in [9.17, 15) is 13.6 Å². The third kappa shape index (κ3) is 3.82. The summed E-state index contributed by atoms with van der Waals surface area (Å²) in [6.45, 7) is 5.06. The highest BCUT2D eigenvalue weighted by molar-refractivity contribution is 6.39. The number of carbonyl (C=O) groups is 1. The third-order valence-corrected chi connectivity index (χ3v) is 4.97. The number of likely N-dealkylation sites (tertiary alicyclic amines) is 1. The Morgan fingerprint density at radius 1 is 1.48 bits per heavy atom. The fraction of sp³-hybridized carbons (Fsp3) is 0.875. The van der Waals surface area contributed by atoms with Gasteiger partial charge in [0, 0.05) is 31.8 Å². The van der Waals surface area contributed by atoms with Gasteiger partial charge in [0.25, 0.3) is 11.8 Å². The van der Waals surface area contributed by atoms with Gasteiger partial charge in [0.15, 0.2) is 5.60 Å². The molecule has 0 aromatic rings. The lowest BCUT2D eigenvalue weighted by Crippen LogP contribution is -2.53. The second kappa shape index (κ2) is 6.34. The average Bonchev–Trinajstić information content (AvgIpc) is 2.87. The van der Waals surface area contributed by atoms with Crippen molar-refractivity contribution in [2.24, 2.45) is 5.16 Å². The summed E-state index contributed by atoms with van der Waals surface area (Å²) in [7, 11) is 0. The standard InChI is InChI=1S/C16H25F2N3O2/c1-2-3-6-21-7-4-5-15(11-21)10-13(20-23-15)14(22)19-12-8-16(17,18)9-12/h12H,2-11H2,1H3,(H,19,22). The average molecular weight is 329 g/mol. The summed E-state index contributed by atoms with van der Waals surface area (Å²) < 4.78 is 25.7. The second-order valence-corrected chi connectivity index (χ2v) is 7.16. The van der Waals surface area contributed by atoms with Crippen molar-refractivity contribution in [1.29, 1.82) is 0 Å². The van der Waals surface area contributed by atoms with Crippen LogP contribution in [-0.4, -0.2) is 53.7 Å². The van der Waals surface area contributed by atoms with Crippen molar-refractivity contribution < 1.29 is 18.4 Å². The molecule has 2 heterocycles. The predicted molar refractivity (Wildman–Crippen MR) is 82.6 cm³/mol. The molecule has 1 aliphatic carbocycles. The molecule has 0 bridgehead atoms. The van der Waals surface area contributed by atoms with Crippen LogP contribution in [0.2, 0.25) is 0 Å². The van der Waals surface area contributed by atoms with Gasteiger partial charge < -0.3 is 10.2 Å². The Bertz CT molecular complexity index is 490. The summed E-state index contributed by atoms with van der Waals surface area (Å²) in [5.41, 5.74) is -0.0556. The topological polar surface area (TPSA) is 53.9 Å². The van der Waals surface area contributed by atoms with Gasteiger partial charge in [-0.15, -0.1) is 0 Å². The predicted octanol–water partition coefficient (Wildman–Crippen LogP) is 2.31. The van der Waals surface area contributed by atoms with Crippen LogP contribution in [0.15, 0.2) is 5.16 Å². The number of halogens is 2. The first-order chi connectivity index (χ1) is 10.9. The Kier molecular flexibility index (Phi) is 4.58. The Morgan fingerprint density at radius 2 is 2.26 bits per heavy atom. The van der Waals surface area contributed by atoms with Crippen LogP contribution in [0.25, 0.3) is 0 Å². The lowest BCUT2D eigenvalue weighted by atomic mass is 9.86. The van der Waals surface area contributed by atoms with Crippen LogP contribution in [0, 0.1) is 0 Å². The molecule has 130 valence electrons. The molecule has 23 heavy (non-hydrogen) atoms. The smallest absolute Gasteiger partial charge is 0.269 e. The molecule has 1 saturated heterocycles. The van der Waals surface area contributed by atoms with Crippen LogP contribution >= 0.6 is 0 Å². The first kappa shape index (κ1) is 16.6. The van der Waals surface area contributed by atoms with E-state index in [1.54, 1.807) is 0 Å². The molecule has 7 heteroatoms. The van der Waals surface area contributed by atoms with Crippen LogP contribution in [0.5, 0.6) is 0 Å². The Labute approximate surface area is 135 Å². The van der Waals surface area contributed by atoms with Crippen LogP contribution < -0.4 is 5.32 Å². The van der Waals surface area contributed by atoms with Gasteiger partial charge in [0.1, 0.15) is 5.71 Å². The lowest BCUT2D eigenvalue weighted by molar-refractivity contribution is -0.123. The first-order valence-corrected chi connectivity index (χ1v) is 8.57. The largest absolute Gasteiger partial charge is 0.387 e. The zero-order valence-electron chi connectivity index (χ0n) is 13.6. The molecule has 1 atom stereocenters. The number of piperidine rings is 1. The van der Waals surface area contributed by atoms with E-state index in [0.29, 0.717) is 12.1 Å². The highest BCUT2D eigenvalue weighted by Gasteiger charge is 2.48. The van der Waals surface area contributed by atoms with Gasteiger partial charge in [-0.3, -0.25) is 9.69 Å². The van der Waals surface area contributed by atoms with Crippen LogP contribution in [0.4, 0.5) is 8.78 Å². The summed E-state index contributed by atoms with van der Waals surface area (Å²) in [6.07, 6.45) is 4.15. The summed E-state index contributed by atoms with van der Waals surface area (Å²) in [6, 6.07) is -0.441. The van der Waals surface area contributed by atoms with E-state index in [-0.39, 0.29) is 18.7 Å². The van der Waals surface area contributed by atoms with E-state index >= 15 is 0 Å². The van der Waals surface area contributed by atoms with Crippen molar-refractivity contribution >= 4 is 11.6 Å². The van der Waals surface area contributed by atoms with E-state index in [4.69, 9.17) is 4.84 Å². The molecule has 2 fully saturated rings. The number of amides is 1. The number of oxime groups is 1. The highest BCUT2D eigenvalue weighted by atomic mass is 19.3. The monoisotopic (exact) mass is 329 g/mol. The van der Waals surface area contributed by atoms with Gasteiger partial charge >= 0.3 is 0 Å². The molecule has 1 amide bonds. The van der Waals surface area contributed by atoms with E-state index < -0.39 is 17.6 Å². The van der Waals surface area contributed by atoms with E-state index in [1.165, 1.54) is 0 Å². The number of nitrogens with one attached hydrogen (secondary N) is 1. The van der Waals surface area contributed by atoms with E-state index in [0.717, 1.165) is 45.3 Å². The summed E-state index contributed by atoms with van der Waals surface area (Å²) in [5, 5.41) is 6.60. The molecule has 0 aromatic heterocycles. The highest BCUT2D eigenvalue weighted by Crippen LogP contribution is 2.38. The molecule has 5 nitrogen and oxygen atoms in total. The molecular formula is C16H25F2N3O2. The SMILES string of the molecule is CCCCN1CCCC2(CC(C(=O)NC3CC(F)(F)C3)=NO2)C1. The van der Waals surface area contributed by atoms with E-state index in [2.05, 4.69) is 22.3 Å². The maximum absolute atomic E-state index is 12.8. The summed E-state index contributed by atoms with van der Waals surface area (Å²) >= 11 is 0. The maximum atomic E-state index is 12.8. The quantitative estimate of drug-likeness (QED) is 0.842. The Balaban J connectivity index is 1.49. The molecule has 1 unspecified atom stereocenters. The zero-order chi connectivity index (χ0) is 16.5. The van der Waals surface area contributed by atoms with Gasteiger partial charge in [0.2, 0.25) is 0 Å². The van der Waals surface area contributed by atoms with Crippen LogP contribution in [0.1, 0.15) is 51.9 Å². The van der Waals surface area contributed by atoms with Crippen molar-refractivity contribution in [3.63, 3.8) is 0 Å². The molecule has 3 aliphatic rings. The summed E-state index contributed by atoms with van der Waals surface area (Å²) in [5.74, 6) is -2.98. The molecule has 1 N–H and O–H groups in total. The minimum absolute atomic E-state index is 0.275. The molecule has 1 spiro atoms. The van der Waals surface area contributed by atoms with Gasteiger partial charge in [0.05, 0.1) is 0 Å². The van der Waals surface area contributed by atoms with Crippen molar-refractivity contribution in [3.8, 4) is 0 Å². The molecule has 0 radical (unpaired) electrons.